The van der Waals surface area contributed by atoms with Gasteiger partial charge in [-0.15, -0.1) is 0 Å². The van der Waals surface area contributed by atoms with Crippen LogP contribution in [0, 0.1) is 6.92 Å². The van der Waals surface area contributed by atoms with E-state index in [2.05, 4.69) is 20.9 Å². The number of carbonyl (C=O) groups excluding carboxylic acids is 1. The first-order chi connectivity index (χ1) is 12.6. The number of halogens is 1. The maximum atomic E-state index is 12.0. The third-order valence-corrected chi connectivity index (χ3v) is 3.77. The van der Waals surface area contributed by atoms with Crippen molar-refractivity contribution in [2.75, 3.05) is 52.4 Å². The zero-order valence-corrected chi connectivity index (χ0v) is 16.5. The van der Waals surface area contributed by atoms with Gasteiger partial charge in [-0.2, -0.15) is 0 Å². The Morgan fingerprint density at radius 3 is 2.65 bits per heavy atom. The number of aryl methyl sites for hydroxylation is 1. The summed E-state index contributed by atoms with van der Waals surface area (Å²) in [5, 5.41) is 9.63. The van der Waals surface area contributed by atoms with Gasteiger partial charge in [0, 0.05) is 40.3 Å². The summed E-state index contributed by atoms with van der Waals surface area (Å²) >= 11 is 6.11. The number of methoxy groups -OCH3 is 1. The van der Waals surface area contributed by atoms with Crippen LogP contribution in [0.2, 0.25) is 5.02 Å². The summed E-state index contributed by atoms with van der Waals surface area (Å²) in [5.74, 6) is 0.549. The molecule has 1 aromatic rings. The number of nitrogens with zero attached hydrogens (tertiary/aromatic N) is 1. The number of rotatable bonds is 11. The summed E-state index contributed by atoms with van der Waals surface area (Å²) in [6.45, 7) is 5.02. The fourth-order valence-corrected chi connectivity index (χ4v) is 2.36. The highest BCUT2D eigenvalue weighted by Gasteiger charge is 2.06. The fraction of sp³-hybridized carbons (Fsp3) is 0.556. The van der Waals surface area contributed by atoms with E-state index >= 15 is 0 Å². The first-order valence-electron chi connectivity index (χ1n) is 8.64. The molecular formula is C18H29ClN4O3. The van der Waals surface area contributed by atoms with Crippen molar-refractivity contribution in [1.82, 2.24) is 10.6 Å². The molecule has 0 saturated carbocycles. The van der Waals surface area contributed by atoms with Gasteiger partial charge in [0.15, 0.2) is 5.96 Å². The van der Waals surface area contributed by atoms with Gasteiger partial charge in [-0.1, -0.05) is 17.7 Å². The molecule has 0 heterocycles. The smallest absolute Gasteiger partial charge is 0.226 e. The Kier molecular flexibility index (Phi) is 11.4. The SMILES string of the molecule is CN=C(NCCCOCCOC)NCCC(=O)Nc1ccc(C)cc1Cl. The molecule has 0 aromatic heterocycles. The van der Waals surface area contributed by atoms with Gasteiger partial charge in [0.2, 0.25) is 5.91 Å². The Balaban J connectivity index is 2.18. The molecule has 0 aliphatic carbocycles. The minimum Gasteiger partial charge on any atom is -0.382 e. The van der Waals surface area contributed by atoms with Gasteiger partial charge in [0.1, 0.15) is 0 Å². The van der Waals surface area contributed by atoms with E-state index < -0.39 is 0 Å². The molecule has 3 N–H and O–H groups in total. The van der Waals surface area contributed by atoms with Crippen molar-refractivity contribution in [3.63, 3.8) is 0 Å². The Bertz CT molecular complexity index is 582. The molecule has 0 atom stereocenters. The van der Waals surface area contributed by atoms with Crippen LogP contribution in [0.5, 0.6) is 0 Å². The number of guanidine groups is 1. The monoisotopic (exact) mass is 384 g/mol. The van der Waals surface area contributed by atoms with E-state index in [1.54, 1.807) is 20.2 Å². The van der Waals surface area contributed by atoms with E-state index in [0.29, 0.717) is 49.5 Å². The van der Waals surface area contributed by atoms with Crippen LogP contribution in [0.25, 0.3) is 0 Å². The van der Waals surface area contributed by atoms with Crippen molar-refractivity contribution < 1.29 is 14.3 Å². The van der Waals surface area contributed by atoms with Crippen molar-refractivity contribution in [3.05, 3.63) is 28.8 Å². The molecule has 0 fully saturated rings. The molecule has 0 aliphatic heterocycles. The van der Waals surface area contributed by atoms with Gasteiger partial charge in [0.25, 0.3) is 0 Å². The van der Waals surface area contributed by atoms with Gasteiger partial charge >= 0.3 is 0 Å². The summed E-state index contributed by atoms with van der Waals surface area (Å²) < 4.78 is 10.3. The molecule has 0 bridgehead atoms. The summed E-state index contributed by atoms with van der Waals surface area (Å²) in [7, 11) is 3.34. The molecule has 146 valence electrons. The lowest BCUT2D eigenvalue weighted by Crippen LogP contribution is -2.39. The summed E-state index contributed by atoms with van der Waals surface area (Å²) in [4.78, 5) is 16.1. The van der Waals surface area contributed by atoms with Crippen LogP contribution >= 0.6 is 11.6 Å². The highest BCUT2D eigenvalue weighted by atomic mass is 35.5. The second-order valence-corrected chi connectivity index (χ2v) is 6.07. The summed E-state index contributed by atoms with van der Waals surface area (Å²) in [6, 6.07) is 5.53. The van der Waals surface area contributed by atoms with Crippen molar-refractivity contribution >= 4 is 29.2 Å². The second kappa shape index (κ2) is 13.4. The summed E-state index contributed by atoms with van der Waals surface area (Å²) in [6.07, 6.45) is 1.17. The Morgan fingerprint density at radius 1 is 1.19 bits per heavy atom. The minimum absolute atomic E-state index is 0.106. The first-order valence-corrected chi connectivity index (χ1v) is 9.01. The van der Waals surface area contributed by atoms with Crippen LogP contribution in [0.4, 0.5) is 5.69 Å². The Morgan fingerprint density at radius 2 is 1.96 bits per heavy atom. The largest absolute Gasteiger partial charge is 0.382 e. The predicted molar refractivity (Wildman–Crippen MR) is 106 cm³/mol. The van der Waals surface area contributed by atoms with Crippen molar-refractivity contribution in [2.45, 2.75) is 19.8 Å². The maximum absolute atomic E-state index is 12.0. The molecule has 0 aliphatic rings. The average Bonchev–Trinajstić information content (AvgIpc) is 2.61. The lowest BCUT2D eigenvalue weighted by Gasteiger charge is -2.12. The highest BCUT2D eigenvalue weighted by molar-refractivity contribution is 6.33. The van der Waals surface area contributed by atoms with Crippen molar-refractivity contribution in [3.8, 4) is 0 Å². The molecule has 7 nitrogen and oxygen atoms in total. The number of carbonyl (C=O) groups is 1. The van der Waals surface area contributed by atoms with E-state index in [4.69, 9.17) is 21.1 Å². The highest BCUT2D eigenvalue weighted by Crippen LogP contribution is 2.22. The van der Waals surface area contributed by atoms with Crippen molar-refractivity contribution in [2.24, 2.45) is 4.99 Å². The molecule has 1 aromatic carbocycles. The molecular weight excluding hydrogens is 356 g/mol. The van der Waals surface area contributed by atoms with Gasteiger partial charge in [-0.3, -0.25) is 9.79 Å². The molecule has 26 heavy (non-hydrogen) atoms. The van der Waals surface area contributed by atoms with Gasteiger partial charge in [-0.25, -0.2) is 0 Å². The quantitative estimate of drug-likeness (QED) is 0.309. The number of hydrogen-bond donors (Lipinski definition) is 3. The lowest BCUT2D eigenvalue weighted by atomic mass is 10.2. The van der Waals surface area contributed by atoms with Crippen LogP contribution in [0.3, 0.4) is 0 Å². The number of amides is 1. The van der Waals surface area contributed by atoms with E-state index in [1.807, 2.05) is 19.1 Å². The van der Waals surface area contributed by atoms with E-state index in [0.717, 1.165) is 18.5 Å². The maximum Gasteiger partial charge on any atom is 0.226 e. The van der Waals surface area contributed by atoms with Crippen LogP contribution in [-0.2, 0) is 14.3 Å². The number of benzene rings is 1. The topological polar surface area (TPSA) is 84.0 Å². The minimum atomic E-state index is -0.106. The molecule has 1 amide bonds. The molecule has 0 spiro atoms. The zero-order valence-electron chi connectivity index (χ0n) is 15.7. The zero-order chi connectivity index (χ0) is 19.2. The van der Waals surface area contributed by atoms with Crippen LogP contribution in [0.15, 0.2) is 23.2 Å². The van der Waals surface area contributed by atoms with Crippen molar-refractivity contribution in [1.29, 1.82) is 0 Å². The molecule has 1 rings (SSSR count). The number of ether oxygens (including phenoxy) is 2. The summed E-state index contributed by atoms with van der Waals surface area (Å²) in [5.41, 5.74) is 1.67. The normalized spacial score (nSPS) is 11.3. The number of hydrogen-bond acceptors (Lipinski definition) is 4. The average molecular weight is 385 g/mol. The third kappa shape index (κ3) is 9.60. The van der Waals surface area contributed by atoms with Gasteiger partial charge in [-0.05, 0) is 31.0 Å². The van der Waals surface area contributed by atoms with Crippen LogP contribution in [-0.4, -0.2) is 58.9 Å². The third-order valence-electron chi connectivity index (χ3n) is 3.46. The molecule has 0 radical (unpaired) electrons. The van der Waals surface area contributed by atoms with E-state index in [9.17, 15) is 4.79 Å². The van der Waals surface area contributed by atoms with E-state index in [1.165, 1.54) is 0 Å². The lowest BCUT2D eigenvalue weighted by molar-refractivity contribution is -0.116. The Hall–Kier alpha value is -1.83. The second-order valence-electron chi connectivity index (χ2n) is 5.67. The molecule has 0 saturated heterocycles. The first kappa shape index (κ1) is 22.2. The van der Waals surface area contributed by atoms with E-state index in [-0.39, 0.29) is 5.91 Å². The Labute approximate surface area is 160 Å². The molecule has 0 unspecified atom stereocenters. The number of anilines is 1. The number of aliphatic imine (C=N–C) groups is 1. The van der Waals surface area contributed by atoms with Gasteiger partial charge in [0.05, 0.1) is 23.9 Å². The molecule has 8 heteroatoms. The fourth-order valence-electron chi connectivity index (χ4n) is 2.07. The standard InChI is InChI=1S/C18H29ClN4O3/c1-14-5-6-16(15(19)13-14)23-17(24)7-9-22-18(20-2)21-8-4-10-26-12-11-25-3/h5-6,13H,4,7-12H2,1-3H3,(H,23,24)(H2,20,21,22). The van der Waals surface area contributed by atoms with Crippen LogP contribution in [0.1, 0.15) is 18.4 Å². The van der Waals surface area contributed by atoms with Gasteiger partial charge < -0.3 is 25.4 Å². The predicted octanol–water partition coefficient (Wildman–Crippen LogP) is 2.20. The number of nitrogens with one attached hydrogen (secondary N) is 3. The van der Waals surface area contributed by atoms with Crippen LogP contribution < -0.4 is 16.0 Å².